The number of carbonyl (C=O) groups is 1. The van der Waals surface area contributed by atoms with E-state index in [9.17, 15) is 4.79 Å². The third kappa shape index (κ3) is 2.84. The minimum atomic E-state index is -0.255. The average molecular weight is 335 g/mol. The van der Waals surface area contributed by atoms with Crippen LogP contribution < -0.4 is 9.47 Å². The number of pyridine rings is 1. The maximum atomic E-state index is 11.6. The highest BCUT2D eigenvalue weighted by Crippen LogP contribution is 2.36. The summed E-state index contributed by atoms with van der Waals surface area (Å²) in [6.45, 7) is 4.14. The second-order valence-electron chi connectivity index (χ2n) is 5.59. The molecule has 3 aliphatic rings. The lowest BCUT2D eigenvalue weighted by Crippen LogP contribution is -2.32. The van der Waals surface area contributed by atoms with E-state index in [1.165, 1.54) is 18.3 Å². The lowest BCUT2D eigenvalue weighted by atomic mass is 10.2. The van der Waals surface area contributed by atoms with Crippen LogP contribution in [0.4, 0.5) is 4.79 Å². The van der Waals surface area contributed by atoms with Gasteiger partial charge in [-0.1, -0.05) is 0 Å². The molecule has 4 heterocycles. The first kappa shape index (κ1) is 14.6. The van der Waals surface area contributed by atoms with Crippen molar-refractivity contribution < 1.29 is 19.0 Å². The molecular formula is C15H17N3O4S. The Kier molecular flexibility index (Phi) is 3.78. The van der Waals surface area contributed by atoms with Crippen LogP contribution in [0, 0.1) is 0 Å². The van der Waals surface area contributed by atoms with Gasteiger partial charge in [-0.05, 0) is 23.1 Å². The zero-order valence-corrected chi connectivity index (χ0v) is 13.6. The quantitative estimate of drug-likeness (QED) is 0.600. The molecule has 0 N–H and O–H groups in total. The molecule has 7 nitrogen and oxygen atoms in total. The summed E-state index contributed by atoms with van der Waals surface area (Å²) in [4.78, 5) is 18.6. The van der Waals surface area contributed by atoms with Crippen LogP contribution in [0.2, 0.25) is 0 Å². The highest BCUT2D eigenvalue weighted by Gasteiger charge is 2.33. The Bertz CT molecular complexity index is 661. The molecular weight excluding hydrogens is 318 g/mol. The van der Waals surface area contributed by atoms with Crippen molar-refractivity contribution in [3.8, 4) is 11.6 Å². The largest absolute Gasteiger partial charge is 0.484 e. The molecule has 4 rings (SSSR count). The number of hydrogen-bond acceptors (Lipinski definition) is 7. The predicted octanol–water partition coefficient (Wildman–Crippen LogP) is 1.55. The van der Waals surface area contributed by atoms with Crippen molar-refractivity contribution in [2.24, 2.45) is 0 Å². The van der Waals surface area contributed by atoms with Gasteiger partial charge in [0.2, 0.25) is 0 Å². The van der Waals surface area contributed by atoms with Crippen LogP contribution in [0.1, 0.15) is 0 Å². The molecule has 0 radical (unpaired) electrons. The normalized spacial score (nSPS) is 20.0. The van der Waals surface area contributed by atoms with Gasteiger partial charge in [0, 0.05) is 43.3 Å². The summed E-state index contributed by atoms with van der Waals surface area (Å²) < 4.78 is 18.1. The van der Waals surface area contributed by atoms with Gasteiger partial charge < -0.3 is 19.1 Å². The predicted molar refractivity (Wildman–Crippen MR) is 83.7 cm³/mol. The lowest BCUT2D eigenvalue weighted by molar-refractivity contribution is 0.133. The van der Waals surface area contributed by atoms with E-state index in [0.717, 1.165) is 18.0 Å². The maximum Gasteiger partial charge on any atom is 0.410 e. The SMILES string of the molecule is COC(=O)N1CC2=C(CN(Sc3cnc4c(c3)OCCO4)C2)C1. The van der Waals surface area contributed by atoms with E-state index in [-0.39, 0.29) is 6.09 Å². The van der Waals surface area contributed by atoms with Gasteiger partial charge >= 0.3 is 6.09 Å². The highest BCUT2D eigenvalue weighted by atomic mass is 32.2. The Morgan fingerprint density at radius 3 is 2.70 bits per heavy atom. The summed E-state index contributed by atoms with van der Waals surface area (Å²) in [5.74, 6) is 1.27. The fourth-order valence-electron chi connectivity index (χ4n) is 2.98. The van der Waals surface area contributed by atoms with Crippen LogP contribution in [-0.2, 0) is 4.74 Å². The summed E-state index contributed by atoms with van der Waals surface area (Å²) in [6.07, 6.45) is 1.55. The van der Waals surface area contributed by atoms with Crippen LogP contribution in [-0.4, -0.2) is 66.8 Å². The van der Waals surface area contributed by atoms with Crippen LogP contribution in [0.3, 0.4) is 0 Å². The summed E-state index contributed by atoms with van der Waals surface area (Å²) in [6, 6.07) is 1.97. The van der Waals surface area contributed by atoms with E-state index in [1.54, 1.807) is 16.8 Å². The van der Waals surface area contributed by atoms with Gasteiger partial charge in [-0.2, -0.15) is 0 Å². The van der Waals surface area contributed by atoms with Gasteiger partial charge in [-0.3, -0.25) is 0 Å². The van der Waals surface area contributed by atoms with E-state index in [4.69, 9.17) is 14.2 Å². The Morgan fingerprint density at radius 2 is 1.96 bits per heavy atom. The second-order valence-corrected chi connectivity index (χ2v) is 6.76. The Morgan fingerprint density at radius 1 is 1.22 bits per heavy atom. The van der Waals surface area contributed by atoms with Crippen molar-refractivity contribution in [3.05, 3.63) is 23.4 Å². The Balaban J connectivity index is 1.37. The number of amides is 1. The molecule has 0 unspecified atom stereocenters. The number of methoxy groups -OCH3 is 1. The molecule has 122 valence electrons. The molecule has 1 aromatic heterocycles. The molecule has 0 atom stereocenters. The molecule has 23 heavy (non-hydrogen) atoms. The number of carbonyl (C=O) groups excluding carboxylic acids is 1. The molecule has 0 bridgehead atoms. The van der Waals surface area contributed by atoms with Crippen molar-refractivity contribution in [2.75, 3.05) is 46.5 Å². The van der Waals surface area contributed by atoms with Gasteiger partial charge in [-0.15, -0.1) is 0 Å². The van der Waals surface area contributed by atoms with Crippen LogP contribution in [0.15, 0.2) is 28.3 Å². The van der Waals surface area contributed by atoms with Crippen molar-refractivity contribution in [2.45, 2.75) is 4.90 Å². The van der Waals surface area contributed by atoms with Gasteiger partial charge in [0.1, 0.15) is 13.2 Å². The molecule has 1 amide bonds. The van der Waals surface area contributed by atoms with E-state index < -0.39 is 0 Å². The monoisotopic (exact) mass is 335 g/mol. The molecule has 3 aliphatic heterocycles. The molecule has 0 aromatic carbocycles. The summed E-state index contributed by atoms with van der Waals surface area (Å²) in [7, 11) is 1.42. The first-order chi connectivity index (χ1) is 11.2. The topological polar surface area (TPSA) is 64.1 Å². The summed E-state index contributed by atoms with van der Waals surface area (Å²) in [5.41, 5.74) is 2.63. The van der Waals surface area contributed by atoms with Crippen LogP contribution in [0.5, 0.6) is 11.6 Å². The standard InChI is InChI=1S/C15H17N3O4S/c1-20-15(19)17-6-10-8-18(9-11(10)7-17)23-12-4-13-14(16-5-12)22-3-2-21-13/h4-5H,2-3,6-9H2,1H3. The van der Waals surface area contributed by atoms with Crippen LogP contribution >= 0.6 is 11.9 Å². The van der Waals surface area contributed by atoms with Crippen molar-refractivity contribution >= 4 is 18.0 Å². The van der Waals surface area contributed by atoms with Crippen molar-refractivity contribution in [1.29, 1.82) is 0 Å². The van der Waals surface area contributed by atoms with Crippen molar-refractivity contribution in [3.63, 3.8) is 0 Å². The van der Waals surface area contributed by atoms with Gasteiger partial charge in [0.05, 0.1) is 7.11 Å². The van der Waals surface area contributed by atoms with E-state index in [1.807, 2.05) is 12.3 Å². The molecule has 0 saturated carbocycles. The fraction of sp³-hybridized carbons (Fsp3) is 0.467. The number of nitrogens with zero attached hydrogens (tertiary/aromatic N) is 3. The number of fused-ring (bicyclic) bond motifs is 1. The van der Waals surface area contributed by atoms with E-state index in [2.05, 4.69) is 9.29 Å². The number of ether oxygens (including phenoxy) is 3. The third-order valence-corrected chi connectivity index (χ3v) is 4.99. The van der Waals surface area contributed by atoms with Gasteiger partial charge in [0.15, 0.2) is 5.75 Å². The van der Waals surface area contributed by atoms with E-state index in [0.29, 0.717) is 37.9 Å². The van der Waals surface area contributed by atoms with Gasteiger partial charge in [0.25, 0.3) is 5.88 Å². The Hall–Kier alpha value is -1.93. The fourth-order valence-corrected chi connectivity index (χ4v) is 3.98. The molecule has 0 fully saturated rings. The number of rotatable bonds is 2. The average Bonchev–Trinajstić information content (AvgIpc) is 3.12. The third-order valence-electron chi connectivity index (χ3n) is 4.04. The van der Waals surface area contributed by atoms with E-state index >= 15 is 0 Å². The minimum absolute atomic E-state index is 0.255. The first-order valence-corrected chi connectivity index (χ1v) is 8.21. The smallest absolute Gasteiger partial charge is 0.410 e. The highest BCUT2D eigenvalue weighted by molar-refractivity contribution is 7.97. The zero-order chi connectivity index (χ0) is 15.8. The van der Waals surface area contributed by atoms with Gasteiger partial charge in [-0.25, -0.2) is 14.1 Å². The molecule has 0 spiro atoms. The summed E-state index contributed by atoms with van der Waals surface area (Å²) in [5, 5.41) is 0. The molecule has 8 heteroatoms. The summed E-state index contributed by atoms with van der Waals surface area (Å²) >= 11 is 1.66. The minimum Gasteiger partial charge on any atom is -0.484 e. The molecule has 1 aromatic rings. The zero-order valence-electron chi connectivity index (χ0n) is 12.8. The van der Waals surface area contributed by atoms with Crippen LogP contribution in [0.25, 0.3) is 0 Å². The molecule has 0 saturated heterocycles. The number of hydrogen-bond donors (Lipinski definition) is 0. The maximum absolute atomic E-state index is 11.6. The number of aromatic nitrogens is 1. The second kappa shape index (κ2) is 5.93. The first-order valence-electron chi connectivity index (χ1n) is 7.44. The Labute approximate surface area is 138 Å². The van der Waals surface area contributed by atoms with Crippen molar-refractivity contribution in [1.82, 2.24) is 14.2 Å². The molecule has 0 aliphatic carbocycles. The lowest BCUT2D eigenvalue weighted by Gasteiger charge is -2.22.